The Kier molecular flexibility index (Phi) is 4.71. The number of hydrogen-bond donors (Lipinski definition) is 1. The van der Waals surface area contributed by atoms with Crippen LogP contribution in [0.25, 0.3) is 10.8 Å². The standard InChI is InChI=1S/C21H21N5/c22-20(15-17-10-11-18-8-4-5-9-19(18)14-17)21-23-24-25-26(21)13-12-16-6-2-1-3-7-16/h1-11,14,20H,12-13,15,22H2/t20-/m1/s1. The van der Waals surface area contributed by atoms with E-state index in [1.807, 2.05) is 22.9 Å². The smallest absolute Gasteiger partial charge is 0.168 e. The molecule has 1 atom stereocenters. The molecule has 1 aromatic heterocycles. The monoisotopic (exact) mass is 343 g/mol. The second-order valence-corrected chi connectivity index (χ2v) is 6.49. The van der Waals surface area contributed by atoms with E-state index in [9.17, 15) is 0 Å². The van der Waals surface area contributed by atoms with Crippen molar-refractivity contribution in [2.45, 2.75) is 25.4 Å². The molecule has 26 heavy (non-hydrogen) atoms. The summed E-state index contributed by atoms with van der Waals surface area (Å²) in [4.78, 5) is 0. The zero-order chi connectivity index (χ0) is 17.8. The maximum atomic E-state index is 6.42. The zero-order valence-electron chi connectivity index (χ0n) is 14.5. The number of benzene rings is 3. The minimum absolute atomic E-state index is 0.234. The topological polar surface area (TPSA) is 69.6 Å². The predicted octanol–water partition coefficient (Wildman–Crippen LogP) is 3.31. The molecule has 130 valence electrons. The largest absolute Gasteiger partial charge is 0.321 e. The molecule has 4 rings (SSSR count). The summed E-state index contributed by atoms with van der Waals surface area (Å²) in [5.41, 5.74) is 8.87. The number of aromatic nitrogens is 4. The molecule has 0 saturated carbocycles. The van der Waals surface area contributed by atoms with Crippen molar-refractivity contribution in [3.63, 3.8) is 0 Å². The molecular weight excluding hydrogens is 322 g/mol. The number of hydrogen-bond acceptors (Lipinski definition) is 4. The summed E-state index contributed by atoms with van der Waals surface area (Å²) in [5.74, 6) is 0.731. The molecular formula is C21H21N5. The van der Waals surface area contributed by atoms with E-state index in [0.29, 0.717) is 6.42 Å². The van der Waals surface area contributed by atoms with Gasteiger partial charge in [0, 0.05) is 6.54 Å². The highest BCUT2D eigenvalue weighted by atomic mass is 15.5. The molecule has 0 radical (unpaired) electrons. The first-order valence-electron chi connectivity index (χ1n) is 8.83. The van der Waals surface area contributed by atoms with E-state index in [0.717, 1.165) is 18.8 Å². The molecule has 3 aromatic carbocycles. The van der Waals surface area contributed by atoms with Gasteiger partial charge in [0.25, 0.3) is 0 Å². The van der Waals surface area contributed by atoms with Crippen LogP contribution in [0.15, 0.2) is 72.8 Å². The van der Waals surface area contributed by atoms with Crippen LogP contribution in [0.3, 0.4) is 0 Å². The molecule has 0 aliphatic heterocycles. The van der Waals surface area contributed by atoms with Crippen molar-refractivity contribution < 1.29 is 0 Å². The van der Waals surface area contributed by atoms with Gasteiger partial charge in [-0.3, -0.25) is 0 Å². The Labute approximate surface area is 152 Å². The number of aryl methyl sites for hydroxylation is 2. The van der Waals surface area contributed by atoms with Gasteiger partial charge >= 0.3 is 0 Å². The van der Waals surface area contributed by atoms with Crippen LogP contribution in [-0.4, -0.2) is 20.2 Å². The molecule has 1 heterocycles. The fraction of sp³-hybridized carbons (Fsp3) is 0.190. The van der Waals surface area contributed by atoms with E-state index in [1.165, 1.54) is 21.9 Å². The van der Waals surface area contributed by atoms with Gasteiger partial charge in [0.15, 0.2) is 5.82 Å². The molecule has 0 bridgehead atoms. The average molecular weight is 343 g/mol. The highest BCUT2D eigenvalue weighted by Gasteiger charge is 2.16. The summed E-state index contributed by atoms with van der Waals surface area (Å²) < 4.78 is 1.82. The molecule has 0 aliphatic carbocycles. The Morgan fingerprint density at radius 1 is 0.846 bits per heavy atom. The Hall–Kier alpha value is -3.05. The second kappa shape index (κ2) is 7.45. The van der Waals surface area contributed by atoms with Crippen molar-refractivity contribution in [2.24, 2.45) is 5.73 Å². The highest BCUT2D eigenvalue weighted by Crippen LogP contribution is 2.19. The quantitative estimate of drug-likeness (QED) is 0.583. The van der Waals surface area contributed by atoms with Crippen molar-refractivity contribution >= 4 is 10.8 Å². The minimum Gasteiger partial charge on any atom is -0.321 e. The Morgan fingerprint density at radius 3 is 2.46 bits per heavy atom. The molecule has 0 fully saturated rings. The van der Waals surface area contributed by atoms with Gasteiger partial charge < -0.3 is 5.73 Å². The average Bonchev–Trinajstić information content (AvgIpc) is 3.16. The second-order valence-electron chi connectivity index (χ2n) is 6.49. The van der Waals surface area contributed by atoms with Crippen molar-refractivity contribution in [3.05, 3.63) is 89.7 Å². The van der Waals surface area contributed by atoms with E-state index in [-0.39, 0.29) is 6.04 Å². The Balaban J connectivity index is 1.47. The number of fused-ring (bicyclic) bond motifs is 1. The molecule has 0 amide bonds. The number of nitrogens with two attached hydrogens (primary N) is 1. The van der Waals surface area contributed by atoms with Crippen molar-refractivity contribution in [2.75, 3.05) is 0 Å². The fourth-order valence-corrected chi connectivity index (χ4v) is 3.23. The third-order valence-corrected chi connectivity index (χ3v) is 4.62. The SMILES string of the molecule is N[C@H](Cc1ccc2ccccc2c1)c1nnnn1CCc1ccccc1. The first kappa shape index (κ1) is 16.4. The molecule has 0 saturated heterocycles. The van der Waals surface area contributed by atoms with Gasteiger partial charge in [0.1, 0.15) is 0 Å². The molecule has 5 nitrogen and oxygen atoms in total. The maximum Gasteiger partial charge on any atom is 0.168 e. The lowest BCUT2D eigenvalue weighted by molar-refractivity contribution is 0.529. The van der Waals surface area contributed by atoms with Crippen LogP contribution < -0.4 is 5.73 Å². The van der Waals surface area contributed by atoms with Crippen LogP contribution in [0.4, 0.5) is 0 Å². The highest BCUT2D eigenvalue weighted by molar-refractivity contribution is 5.83. The van der Waals surface area contributed by atoms with Crippen molar-refractivity contribution in [1.29, 1.82) is 0 Å². The fourth-order valence-electron chi connectivity index (χ4n) is 3.23. The lowest BCUT2D eigenvalue weighted by Crippen LogP contribution is -2.20. The summed E-state index contributed by atoms with van der Waals surface area (Å²) >= 11 is 0. The lowest BCUT2D eigenvalue weighted by atomic mass is 10.0. The Morgan fingerprint density at radius 2 is 1.62 bits per heavy atom. The van der Waals surface area contributed by atoms with Gasteiger partial charge in [-0.1, -0.05) is 72.8 Å². The predicted molar refractivity (Wildman–Crippen MR) is 103 cm³/mol. The van der Waals surface area contributed by atoms with Gasteiger partial charge in [-0.15, -0.1) is 5.10 Å². The number of tetrazole rings is 1. The van der Waals surface area contributed by atoms with Crippen LogP contribution in [0.5, 0.6) is 0 Å². The van der Waals surface area contributed by atoms with Crippen LogP contribution in [-0.2, 0) is 19.4 Å². The van der Waals surface area contributed by atoms with Gasteiger partial charge in [0.2, 0.25) is 0 Å². The molecule has 0 aliphatic rings. The normalized spacial score (nSPS) is 12.3. The van der Waals surface area contributed by atoms with Crippen molar-refractivity contribution in [3.8, 4) is 0 Å². The van der Waals surface area contributed by atoms with Crippen LogP contribution in [0.2, 0.25) is 0 Å². The molecule has 0 unspecified atom stereocenters. The molecule has 2 N–H and O–H groups in total. The summed E-state index contributed by atoms with van der Waals surface area (Å²) in [7, 11) is 0. The number of rotatable bonds is 6. The van der Waals surface area contributed by atoms with Gasteiger partial charge in [-0.2, -0.15) is 0 Å². The van der Waals surface area contributed by atoms with Gasteiger partial charge in [-0.05, 0) is 45.2 Å². The van der Waals surface area contributed by atoms with E-state index < -0.39 is 0 Å². The summed E-state index contributed by atoms with van der Waals surface area (Å²) in [5, 5.41) is 14.6. The summed E-state index contributed by atoms with van der Waals surface area (Å²) in [6.07, 6.45) is 1.58. The molecule has 5 heteroatoms. The van der Waals surface area contributed by atoms with Crippen molar-refractivity contribution in [1.82, 2.24) is 20.2 Å². The first-order valence-corrected chi connectivity index (χ1v) is 8.83. The molecule has 4 aromatic rings. The Bertz CT molecular complexity index is 993. The van der Waals surface area contributed by atoms with E-state index in [4.69, 9.17) is 5.73 Å². The van der Waals surface area contributed by atoms with Crippen LogP contribution in [0, 0.1) is 0 Å². The summed E-state index contributed by atoms with van der Waals surface area (Å²) in [6, 6.07) is 24.9. The third-order valence-electron chi connectivity index (χ3n) is 4.62. The third kappa shape index (κ3) is 3.63. The lowest BCUT2D eigenvalue weighted by Gasteiger charge is -2.12. The number of nitrogens with zero attached hydrogens (tertiary/aromatic N) is 4. The first-order chi connectivity index (χ1) is 12.8. The van der Waals surface area contributed by atoms with E-state index >= 15 is 0 Å². The van der Waals surface area contributed by atoms with Gasteiger partial charge in [0.05, 0.1) is 6.04 Å². The van der Waals surface area contributed by atoms with E-state index in [2.05, 4.69) is 70.1 Å². The molecule has 0 spiro atoms. The van der Waals surface area contributed by atoms with Crippen LogP contribution >= 0.6 is 0 Å². The minimum atomic E-state index is -0.234. The summed E-state index contributed by atoms with van der Waals surface area (Å²) in [6.45, 7) is 0.720. The zero-order valence-corrected chi connectivity index (χ0v) is 14.5. The van der Waals surface area contributed by atoms with Crippen LogP contribution in [0.1, 0.15) is 23.0 Å². The maximum absolute atomic E-state index is 6.42. The van der Waals surface area contributed by atoms with Gasteiger partial charge in [-0.25, -0.2) is 4.68 Å². The van der Waals surface area contributed by atoms with E-state index in [1.54, 1.807) is 0 Å².